The maximum atomic E-state index is 14.1. The minimum Gasteiger partial charge on any atom is -0.464 e. The number of amides is 4. The normalized spacial score (nSPS) is 15.9. The van der Waals surface area contributed by atoms with Crippen molar-refractivity contribution in [1.29, 1.82) is 0 Å². The molecule has 0 aromatic heterocycles. The number of alkyl carbamates (subject to hydrolysis) is 1. The largest absolute Gasteiger partial charge is 0.464 e. The summed E-state index contributed by atoms with van der Waals surface area (Å²) < 4.78 is 17.3. The lowest BCUT2D eigenvalue weighted by molar-refractivity contribution is -0.147. The van der Waals surface area contributed by atoms with Crippen LogP contribution in [0.2, 0.25) is 0 Å². The summed E-state index contributed by atoms with van der Waals surface area (Å²) >= 11 is 0. The summed E-state index contributed by atoms with van der Waals surface area (Å²) in [7, 11) is 0. The van der Waals surface area contributed by atoms with Crippen LogP contribution in [0.4, 0.5) is 4.79 Å². The Morgan fingerprint density at radius 2 is 1.34 bits per heavy atom. The molecular formula is C52H88N4O8. The number of rotatable bonds is 26. The van der Waals surface area contributed by atoms with Crippen molar-refractivity contribution in [3.8, 4) is 0 Å². The maximum absolute atomic E-state index is 14.1. The van der Waals surface area contributed by atoms with Crippen molar-refractivity contribution in [2.24, 2.45) is 11.3 Å². The topological polar surface area (TPSA) is 144 Å². The molecule has 12 heteroatoms. The lowest BCUT2D eigenvalue weighted by atomic mass is 9.88. The fourth-order valence-corrected chi connectivity index (χ4v) is 9.01. The molecule has 0 radical (unpaired) electrons. The van der Waals surface area contributed by atoms with E-state index in [4.69, 9.17) is 14.2 Å². The van der Waals surface area contributed by atoms with Crippen LogP contribution >= 0.6 is 0 Å². The number of carbonyl (C=O) groups excluding carboxylic acids is 5. The zero-order valence-electron chi connectivity index (χ0n) is 41.7. The van der Waals surface area contributed by atoms with Gasteiger partial charge in [0.25, 0.3) is 0 Å². The van der Waals surface area contributed by atoms with Crippen LogP contribution in [-0.4, -0.2) is 102 Å². The Kier molecular flexibility index (Phi) is 23.1. The fraction of sp³-hybridized carbons (Fsp3) is 0.788. The zero-order valence-corrected chi connectivity index (χ0v) is 41.7. The molecule has 2 N–H and O–H groups in total. The number of nitrogens with zero attached hydrogens (tertiary/aromatic N) is 2. The molecule has 12 nitrogen and oxygen atoms in total. The first-order valence-corrected chi connectivity index (χ1v) is 24.8. The zero-order chi connectivity index (χ0) is 47.3. The Labute approximate surface area is 387 Å². The number of nitrogens with one attached hydrogen (secondary N) is 2. The second-order valence-corrected chi connectivity index (χ2v) is 21.6. The van der Waals surface area contributed by atoms with Gasteiger partial charge in [-0.05, 0) is 117 Å². The molecule has 0 heterocycles. The number of hydrogen-bond acceptors (Lipinski definition) is 8. The molecule has 2 saturated carbocycles. The van der Waals surface area contributed by atoms with E-state index in [1.54, 1.807) is 20.8 Å². The third-order valence-electron chi connectivity index (χ3n) is 12.3. The average molecular weight is 897 g/mol. The molecule has 2 fully saturated rings. The first kappa shape index (κ1) is 54.7. The molecular weight excluding hydrogens is 809 g/mol. The quantitative estimate of drug-likeness (QED) is 0.0691. The van der Waals surface area contributed by atoms with Gasteiger partial charge in [-0.15, -0.1) is 0 Å². The molecule has 4 amide bonds. The van der Waals surface area contributed by atoms with E-state index < -0.39 is 29.2 Å². The number of aryl methyl sites for hydroxylation is 2. The molecule has 0 unspecified atom stereocenters. The molecule has 3 rings (SSSR count). The van der Waals surface area contributed by atoms with Crippen LogP contribution in [-0.2, 0) is 39.8 Å². The summed E-state index contributed by atoms with van der Waals surface area (Å²) in [5.41, 5.74) is 0.930. The van der Waals surface area contributed by atoms with Crippen molar-refractivity contribution in [2.75, 3.05) is 32.9 Å². The number of benzene rings is 1. The Morgan fingerprint density at radius 1 is 0.734 bits per heavy atom. The van der Waals surface area contributed by atoms with Gasteiger partial charge in [-0.3, -0.25) is 14.4 Å². The van der Waals surface area contributed by atoms with Gasteiger partial charge in [0.2, 0.25) is 17.7 Å². The second-order valence-electron chi connectivity index (χ2n) is 21.6. The number of hydrogen-bond donors (Lipinski definition) is 2. The van der Waals surface area contributed by atoms with E-state index in [9.17, 15) is 24.0 Å². The minimum atomic E-state index is -0.836. The minimum absolute atomic E-state index is 0.0669. The average Bonchev–Trinajstić information content (AvgIpc) is 3.22. The van der Waals surface area contributed by atoms with Gasteiger partial charge in [0.05, 0.1) is 25.4 Å². The third-order valence-corrected chi connectivity index (χ3v) is 12.3. The van der Waals surface area contributed by atoms with Gasteiger partial charge in [0.1, 0.15) is 11.6 Å². The maximum Gasteiger partial charge on any atom is 0.408 e. The van der Waals surface area contributed by atoms with Gasteiger partial charge < -0.3 is 34.6 Å². The third kappa shape index (κ3) is 21.1. The van der Waals surface area contributed by atoms with E-state index in [1.807, 2.05) is 13.8 Å². The first-order valence-electron chi connectivity index (χ1n) is 24.8. The van der Waals surface area contributed by atoms with Crippen LogP contribution < -0.4 is 10.6 Å². The smallest absolute Gasteiger partial charge is 0.408 e. The van der Waals surface area contributed by atoms with Crippen LogP contribution in [0.1, 0.15) is 189 Å². The molecule has 2 aliphatic rings. The van der Waals surface area contributed by atoms with Crippen LogP contribution in [0.3, 0.4) is 0 Å². The molecule has 1 aromatic carbocycles. The molecule has 1 aromatic rings. The van der Waals surface area contributed by atoms with Gasteiger partial charge in [-0.2, -0.15) is 0 Å². The first-order chi connectivity index (χ1) is 30.2. The van der Waals surface area contributed by atoms with Crippen LogP contribution in [0.15, 0.2) is 24.3 Å². The van der Waals surface area contributed by atoms with E-state index >= 15 is 0 Å². The van der Waals surface area contributed by atoms with Crippen molar-refractivity contribution < 1.29 is 38.2 Å². The molecule has 64 heavy (non-hydrogen) atoms. The summed E-state index contributed by atoms with van der Waals surface area (Å²) in [6, 6.07) is 8.09. The van der Waals surface area contributed by atoms with Gasteiger partial charge in [0.15, 0.2) is 0 Å². The Hall–Kier alpha value is -3.67. The fourth-order valence-electron chi connectivity index (χ4n) is 9.01. The van der Waals surface area contributed by atoms with Crippen molar-refractivity contribution in [1.82, 2.24) is 20.4 Å². The van der Waals surface area contributed by atoms with Crippen molar-refractivity contribution in [3.63, 3.8) is 0 Å². The van der Waals surface area contributed by atoms with Gasteiger partial charge in [-0.1, -0.05) is 96.0 Å². The summed E-state index contributed by atoms with van der Waals surface area (Å²) in [5.74, 6) is -0.0543. The second kappa shape index (κ2) is 27.1. The van der Waals surface area contributed by atoms with E-state index in [-0.39, 0.29) is 47.7 Å². The highest BCUT2D eigenvalue weighted by molar-refractivity contribution is 5.81. The van der Waals surface area contributed by atoms with Crippen molar-refractivity contribution >= 4 is 29.8 Å². The molecule has 0 saturated heterocycles. The Morgan fingerprint density at radius 3 is 1.95 bits per heavy atom. The number of unbranched alkanes of at least 4 members (excludes halogenated alkanes) is 2. The van der Waals surface area contributed by atoms with Gasteiger partial charge >= 0.3 is 12.1 Å². The van der Waals surface area contributed by atoms with Crippen LogP contribution in [0.5, 0.6) is 0 Å². The van der Waals surface area contributed by atoms with Gasteiger partial charge in [-0.25, -0.2) is 9.59 Å². The van der Waals surface area contributed by atoms with Crippen LogP contribution in [0.25, 0.3) is 0 Å². The van der Waals surface area contributed by atoms with Crippen molar-refractivity contribution in [3.05, 3.63) is 35.4 Å². The highest BCUT2D eigenvalue weighted by Crippen LogP contribution is 2.32. The molecule has 0 aliphatic heterocycles. The Balaban J connectivity index is 1.48. The molecule has 0 bridgehead atoms. The summed E-state index contributed by atoms with van der Waals surface area (Å²) in [5, 5.41) is 5.62. The highest BCUT2D eigenvalue weighted by Gasteiger charge is 2.38. The highest BCUT2D eigenvalue weighted by atomic mass is 16.6. The summed E-state index contributed by atoms with van der Waals surface area (Å²) in [4.78, 5) is 70.1. The summed E-state index contributed by atoms with van der Waals surface area (Å²) in [6.07, 6.45) is 15.1. The SMILES string of the molecule is Cc1ccc(CCC(=O)N(CC(C)(C)COCC(C)(C)N(C(=O)CCCCC(=O)NCCCC[C@H](NC(=O)OC(C)(C)C)C(=O)OCC(C)C)C2CCCCC2)C2CCCCC2)cc1. The number of carbonyl (C=O) groups is 5. The standard InChI is InChI=1S/C52H88N4O8/c1-39(2)35-63-48(60)44(54-49(61)64-50(4,5)6)25-19-20-34-53-45(57)26-17-18-27-47(59)56(43-23-15-12-16-24-43)52(9,10)38-62-37-51(7,8)36-55(42-21-13-11-14-22-42)46(58)33-32-41-30-28-40(3)29-31-41/h28-31,39,42-44H,11-27,32-38H2,1-10H3,(H,53,57)(H,54,61)/t44-/m0/s1. The molecule has 0 spiro atoms. The lowest BCUT2D eigenvalue weighted by Gasteiger charge is -2.46. The van der Waals surface area contributed by atoms with E-state index in [0.717, 1.165) is 57.8 Å². The molecule has 1 atom stereocenters. The van der Waals surface area contributed by atoms with E-state index in [2.05, 4.69) is 79.3 Å². The predicted octanol–water partition coefficient (Wildman–Crippen LogP) is 10.0. The van der Waals surface area contributed by atoms with E-state index in [1.165, 1.54) is 24.0 Å². The van der Waals surface area contributed by atoms with Crippen LogP contribution in [0, 0.1) is 18.3 Å². The lowest BCUT2D eigenvalue weighted by Crippen LogP contribution is -2.56. The number of ether oxygens (including phenoxy) is 3. The molecule has 2 aliphatic carbocycles. The van der Waals surface area contributed by atoms with E-state index in [0.29, 0.717) is 77.7 Å². The predicted molar refractivity (Wildman–Crippen MR) is 255 cm³/mol. The monoisotopic (exact) mass is 897 g/mol. The van der Waals surface area contributed by atoms with Crippen molar-refractivity contribution in [2.45, 2.75) is 220 Å². The van der Waals surface area contributed by atoms with Gasteiger partial charge in [0, 0.05) is 49.9 Å². The summed E-state index contributed by atoms with van der Waals surface area (Å²) in [6.45, 7) is 22.1. The number of esters is 1. The molecule has 364 valence electrons. The Bertz CT molecular complexity index is 1570.